The molecule has 0 amide bonds. The third-order valence-corrected chi connectivity index (χ3v) is 4.31. The van der Waals surface area contributed by atoms with E-state index in [9.17, 15) is 5.11 Å². The molecule has 4 nitrogen and oxygen atoms in total. The van der Waals surface area contributed by atoms with Gasteiger partial charge in [0, 0.05) is 27.4 Å². The fourth-order valence-corrected chi connectivity index (χ4v) is 2.46. The van der Waals surface area contributed by atoms with Crippen molar-refractivity contribution in [2.45, 2.75) is 6.04 Å². The zero-order valence-corrected chi connectivity index (χ0v) is 9.56. The van der Waals surface area contributed by atoms with Gasteiger partial charge in [-0.1, -0.05) is 5.05 Å². The van der Waals surface area contributed by atoms with Gasteiger partial charge in [-0.2, -0.15) is 0 Å². The molecule has 7 heteroatoms. The van der Waals surface area contributed by atoms with Gasteiger partial charge < -0.3 is 18.4 Å². The molecule has 0 aromatic heterocycles. The molecule has 0 atom stereocenters. The summed E-state index contributed by atoms with van der Waals surface area (Å²) in [5, 5.41) is 10.1. The molecule has 0 saturated carbocycles. The van der Waals surface area contributed by atoms with E-state index in [1.807, 2.05) is 0 Å². The molecule has 0 aliphatic heterocycles. The van der Waals surface area contributed by atoms with Crippen molar-refractivity contribution >= 4 is 26.1 Å². The minimum atomic E-state index is -2.73. The fourth-order valence-electron chi connectivity index (χ4n) is 0.643. The summed E-state index contributed by atoms with van der Waals surface area (Å²) in [5.41, 5.74) is 0. The maximum atomic E-state index is 10.5. The van der Waals surface area contributed by atoms with Crippen LogP contribution in [-0.2, 0) is 13.3 Å². The molecule has 0 aromatic carbocycles. The maximum absolute atomic E-state index is 10.5. The predicted octanol–water partition coefficient (Wildman–Crippen LogP) is -3.44. The molecule has 0 saturated heterocycles. The summed E-state index contributed by atoms with van der Waals surface area (Å²) in [5.74, 6) is 0. The quantitative estimate of drug-likeness (QED) is 0.343. The van der Waals surface area contributed by atoms with Gasteiger partial charge in [0.25, 0.3) is 0 Å². The smallest absolute Gasteiger partial charge is 0.868 e. The fraction of sp³-hybridized carbons (Fsp3) is 0.800. The van der Waals surface area contributed by atoms with E-state index in [-0.39, 0.29) is 24.9 Å². The van der Waals surface area contributed by atoms with Gasteiger partial charge in [-0.15, -0.1) is 12.2 Å². The molecule has 0 spiro atoms. The molecule has 12 heavy (non-hydrogen) atoms. The Morgan fingerprint density at radius 1 is 1.25 bits per heavy atom. The molecule has 0 rings (SSSR count). The van der Waals surface area contributed by atoms with Gasteiger partial charge >= 0.3 is 27.7 Å². The van der Waals surface area contributed by atoms with Crippen molar-refractivity contribution < 1.29 is 37.2 Å². The third kappa shape index (κ3) is 4.57. The average Bonchev–Trinajstić information content (AvgIpc) is 2.00. The van der Waals surface area contributed by atoms with E-state index in [4.69, 9.17) is 13.3 Å². The van der Waals surface area contributed by atoms with Crippen LogP contribution in [0.5, 0.6) is 0 Å². The average molecular weight is 202 g/mol. The van der Waals surface area contributed by atoms with Crippen molar-refractivity contribution in [1.29, 1.82) is 0 Å². The topological polar surface area (TPSA) is 50.8 Å². The second-order valence-corrected chi connectivity index (χ2v) is 5.24. The van der Waals surface area contributed by atoms with Gasteiger partial charge in [-0.25, -0.2) is 0 Å². The predicted molar refractivity (Wildman–Crippen MR) is 44.2 cm³/mol. The number of hydrogen-bond acceptors (Lipinski definition) is 5. The monoisotopic (exact) mass is 202 g/mol. The van der Waals surface area contributed by atoms with E-state index in [0.717, 1.165) is 0 Å². The van der Waals surface area contributed by atoms with Crippen molar-refractivity contribution in [2.24, 2.45) is 0 Å². The zero-order chi connectivity index (χ0) is 8.91. The molecule has 66 valence electrons. The van der Waals surface area contributed by atoms with Crippen molar-refractivity contribution in [3.05, 3.63) is 0 Å². The second kappa shape index (κ2) is 7.03. The SMILES string of the molecule is CO[Si](CC([O-])=S)(OC)OC.[Li+]. The second-order valence-electron chi connectivity index (χ2n) is 1.84. The molecule has 0 aliphatic carbocycles. The van der Waals surface area contributed by atoms with Crippen LogP contribution in [0.3, 0.4) is 0 Å². The Morgan fingerprint density at radius 3 is 1.67 bits per heavy atom. The van der Waals surface area contributed by atoms with Crippen molar-refractivity contribution in [2.75, 3.05) is 21.3 Å². The van der Waals surface area contributed by atoms with Crippen LogP contribution in [0.15, 0.2) is 0 Å². The normalized spacial score (nSPS) is 10.6. The Labute approximate surface area is 90.7 Å². The summed E-state index contributed by atoms with van der Waals surface area (Å²) in [6.07, 6.45) is 0. The number of thiocarbonyl (C=S) groups is 1. The first-order valence-corrected chi connectivity index (χ1v) is 5.29. The van der Waals surface area contributed by atoms with Gasteiger partial charge in [0.1, 0.15) is 0 Å². The minimum Gasteiger partial charge on any atom is -0.868 e. The van der Waals surface area contributed by atoms with Crippen LogP contribution in [0.4, 0.5) is 0 Å². The van der Waals surface area contributed by atoms with Gasteiger partial charge in [-0.3, -0.25) is 0 Å². The summed E-state index contributed by atoms with van der Waals surface area (Å²) in [7, 11) is 1.59. The summed E-state index contributed by atoms with van der Waals surface area (Å²) in [6, 6.07) is 0.0475. The van der Waals surface area contributed by atoms with Crippen LogP contribution in [0, 0.1) is 0 Å². The number of rotatable bonds is 5. The molecular formula is C5H11LiO4SSi. The standard InChI is InChI=1S/C5H12O4SSi.Li/c1-7-11(8-2,9-3)4-5(6)10;/h4H2,1-3H3,(H,6,10);/q;+1/p-1. The third-order valence-electron chi connectivity index (χ3n) is 1.29. The van der Waals surface area contributed by atoms with Crippen molar-refractivity contribution in [3.63, 3.8) is 0 Å². The largest absolute Gasteiger partial charge is 1.00 e. The van der Waals surface area contributed by atoms with E-state index in [0.29, 0.717) is 0 Å². The molecule has 0 N–H and O–H groups in total. The summed E-state index contributed by atoms with van der Waals surface area (Å²) in [6.45, 7) is 0. The van der Waals surface area contributed by atoms with Gasteiger partial charge in [0.2, 0.25) is 0 Å². The Balaban J connectivity index is 0. The van der Waals surface area contributed by atoms with Crippen molar-refractivity contribution in [1.82, 2.24) is 0 Å². The van der Waals surface area contributed by atoms with Crippen LogP contribution in [0.25, 0.3) is 0 Å². The first-order chi connectivity index (χ1) is 5.10. The van der Waals surface area contributed by atoms with Gasteiger partial charge in [0.05, 0.1) is 0 Å². The summed E-state index contributed by atoms with van der Waals surface area (Å²) in [4.78, 5) is 0. The minimum absolute atomic E-state index is 0. The van der Waals surface area contributed by atoms with Crippen LogP contribution < -0.4 is 24.0 Å². The Kier molecular flexibility index (Phi) is 8.83. The van der Waals surface area contributed by atoms with E-state index in [1.165, 1.54) is 21.3 Å². The van der Waals surface area contributed by atoms with Gasteiger partial charge in [0.15, 0.2) is 0 Å². The van der Waals surface area contributed by atoms with Crippen LogP contribution >= 0.6 is 12.2 Å². The van der Waals surface area contributed by atoms with Crippen LogP contribution in [-0.4, -0.2) is 35.2 Å². The van der Waals surface area contributed by atoms with E-state index in [2.05, 4.69) is 12.2 Å². The van der Waals surface area contributed by atoms with E-state index >= 15 is 0 Å². The Morgan fingerprint density at radius 2 is 1.58 bits per heavy atom. The van der Waals surface area contributed by atoms with Gasteiger partial charge in [-0.05, 0) is 0 Å². The van der Waals surface area contributed by atoms with E-state index < -0.39 is 13.9 Å². The van der Waals surface area contributed by atoms with Crippen molar-refractivity contribution in [3.8, 4) is 0 Å². The molecule has 0 aliphatic rings. The van der Waals surface area contributed by atoms with Crippen LogP contribution in [0.1, 0.15) is 0 Å². The Bertz CT molecular complexity index is 133. The Hall–Kier alpha value is 0.584. The molecule has 0 heterocycles. The molecule has 0 unspecified atom stereocenters. The molecule has 0 fully saturated rings. The maximum Gasteiger partial charge on any atom is 1.00 e. The first kappa shape index (κ1) is 15.1. The summed E-state index contributed by atoms with van der Waals surface area (Å²) >= 11 is 4.38. The number of hydrogen-bond donors (Lipinski definition) is 0. The van der Waals surface area contributed by atoms with Crippen LogP contribution in [0.2, 0.25) is 6.04 Å². The molecule has 0 radical (unpaired) electrons. The summed E-state index contributed by atoms with van der Waals surface area (Å²) < 4.78 is 14.9. The molecular weight excluding hydrogens is 191 g/mol. The first-order valence-electron chi connectivity index (χ1n) is 2.95. The molecule has 0 aromatic rings. The zero-order valence-electron chi connectivity index (χ0n) is 7.75. The molecule has 0 bridgehead atoms. The van der Waals surface area contributed by atoms with E-state index in [1.54, 1.807) is 0 Å².